The third kappa shape index (κ3) is 2.78. The minimum Gasteiger partial charge on any atom is -0.366 e. The number of benzene rings is 1. The number of halogens is 2. The number of carbonyl (C=O) groups is 1. The van der Waals surface area contributed by atoms with E-state index in [0.717, 1.165) is 33.7 Å². The molecule has 1 amide bonds. The average Bonchev–Trinajstić information content (AvgIpc) is 2.75. The van der Waals surface area contributed by atoms with E-state index >= 15 is 0 Å². The number of nitrogens with two attached hydrogens (primary N) is 1. The Hall–Kier alpha value is -1.08. The van der Waals surface area contributed by atoms with Gasteiger partial charge >= 0.3 is 0 Å². The number of amides is 1. The summed E-state index contributed by atoms with van der Waals surface area (Å²) in [6.07, 6.45) is 0. The summed E-state index contributed by atoms with van der Waals surface area (Å²) < 4.78 is 1.49. The molecule has 0 aromatic heterocycles. The molecule has 0 saturated heterocycles. The van der Waals surface area contributed by atoms with E-state index < -0.39 is 5.91 Å². The van der Waals surface area contributed by atoms with Crippen molar-refractivity contribution in [3.8, 4) is 0 Å². The minimum atomic E-state index is -0.464. The Morgan fingerprint density at radius 3 is 2.53 bits per heavy atom. The highest BCUT2D eigenvalue weighted by Gasteiger charge is 2.13. The van der Waals surface area contributed by atoms with Gasteiger partial charge in [-0.1, -0.05) is 0 Å². The predicted molar refractivity (Wildman–Crippen MR) is 74.3 cm³/mol. The first-order chi connectivity index (χ1) is 8.08. The fourth-order valence-electron chi connectivity index (χ4n) is 1.43. The first-order valence-electron chi connectivity index (χ1n) is 4.92. The second-order valence-electron chi connectivity index (χ2n) is 3.46. The van der Waals surface area contributed by atoms with Crippen LogP contribution < -0.4 is 16.4 Å². The van der Waals surface area contributed by atoms with Crippen LogP contribution in [-0.4, -0.2) is 25.0 Å². The molecule has 0 radical (unpaired) electrons. The molecule has 1 aliphatic heterocycles. The molecule has 0 saturated carbocycles. The molecule has 0 bridgehead atoms. The standard InChI is InChI=1S/C10H10Br2N4O/c11-6-3-5(9(13)17)4-7(12)8(6)16-10-14-1-2-15-10/h3-4H,1-2H2,(H2,13,17)(H2,14,15,16). The summed E-state index contributed by atoms with van der Waals surface area (Å²) in [5.74, 6) is 0.257. The number of hydrogen-bond acceptors (Lipinski definition) is 4. The molecule has 5 nitrogen and oxygen atoms in total. The number of carbonyl (C=O) groups excluding carboxylic acids is 1. The lowest BCUT2D eigenvalue weighted by Gasteiger charge is -2.12. The van der Waals surface area contributed by atoms with Crippen molar-refractivity contribution in [3.63, 3.8) is 0 Å². The quantitative estimate of drug-likeness (QED) is 0.749. The summed E-state index contributed by atoms with van der Waals surface area (Å²) >= 11 is 6.78. The Bertz CT molecular complexity index is 478. The van der Waals surface area contributed by atoms with E-state index in [4.69, 9.17) is 5.73 Å². The highest BCUT2D eigenvalue weighted by atomic mass is 79.9. The average molecular weight is 362 g/mol. The van der Waals surface area contributed by atoms with Gasteiger partial charge in [0.15, 0.2) is 5.96 Å². The van der Waals surface area contributed by atoms with Gasteiger partial charge in [-0.15, -0.1) is 0 Å². The van der Waals surface area contributed by atoms with Crippen molar-refractivity contribution in [3.05, 3.63) is 26.6 Å². The zero-order valence-electron chi connectivity index (χ0n) is 8.76. The summed E-state index contributed by atoms with van der Waals surface area (Å²) in [6, 6.07) is 3.34. The third-order valence-corrected chi connectivity index (χ3v) is 3.50. The second-order valence-corrected chi connectivity index (χ2v) is 5.17. The SMILES string of the molecule is NC(=O)c1cc(Br)c(NC2=NCCN2)c(Br)c1. The molecule has 1 aromatic carbocycles. The zero-order chi connectivity index (χ0) is 12.4. The van der Waals surface area contributed by atoms with Crippen molar-refractivity contribution >= 4 is 49.4 Å². The predicted octanol–water partition coefficient (Wildman–Crippen LogP) is 1.68. The maximum atomic E-state index is 11.1. The Morgan fingerprint density at radius 2 is 2.06 bits per heavy atom. The van der Waals surface area contributed by atoms with Gasteiger partial charge < -0.3 is 16.4 Å². The van der Waals surface area contributed by atoms with E-state index in [2.05, 4.69) is 47.5 Å². The fourth-order valence-corrected chi connectivity index (χ4v) is 2.82. The van der Waals surface area contributed by atoms with Crippen molar-refractivity contribution < 1.29 is 4.79 Å². The number of guanidine groups is 1. The molecule has 0 fully saturated rings. The van der Waals surface area contributed by atoms with Gasteiger partial charge in [-0.05, 0) is 44.0 Å². The van der Waals surface area contributed by atoms with E-state index in [1.165, 1.54) is 0 Å². The van der Waals surface area contributed by atoms with Crippen LogP contribution in [0, 0.1) is 0 Å². The number of hydrogen-bond donors (Lipinski definition) is 3. The van der Waals surface area contributed by atoms with Gasteiger partial charge in [0, 0.05) is 21.1 Å². The first-order valence-corrected chi connectivity index (χ1v) is 6.50. The molecule has 0 spiro atoms. The summed E-state index contributed by atoms with van der Waals surface area (Å²) in [5, 5.41) is 6.24. The van der Waals surface area contributed by atoms with Crippen molar-refractivity contribution in [2.24, 2.45) is 10.7 Å². The largest absolute Gasteiger partial charge is 0.366 e. The lowest BCUT2D eigenvalue weighted by Crippen LogP contribution is -2.26. The maximum absolute atomic E-state index is 11.1. The maximum Gasteiger partial charge on any atom is 0.248 e. The van der Waals surface area contributed by atoms with Crippen LogP contribution in [0.3, 0.4) is 0 Å². The number of anilines is 1. The zero-order valence-corrected chi connectivity index (χ0v) is 11.9. The van der Waals surface area contributed by atoms with Crippen LogP contribution in [0.4, 0.5) is 5.69 Å². The van der Waals surface area contributed by atoms with Gasteiger partial charge in [0.05, 0.1) is 12.2 Å². The lowest BCUT2D eigenvalue weighted by molar-refractivity contribution is 0.1000. The summed E-state index contributed by atoms with van der Waals surface area (Å²) in [6.45, 7) is 1.59. The van der Waals surface area contributed by atoms with Crippen LogP contribution in [0.2, 0.25) is 0 Å². The molecular formula is C10H10Br2N4O. The van der Waals surface area contributed by atoms with Gasteiger partial charge in [-0.25, -0.2) is 0 Å². The molecule has 17 heavy (non-hydrogen) atoms. The van der Waals surface area contributed by atoms with E-state index in [9.17, 15) is 4.79 Å². The summed E-state index contributed by atoms with van der Waals surface area (Å²) in [5.41, 5.74) is 6.48. The van der Waals surface area contributed by atoms with Crippen LogP contribution >= 0.6 is 31.9 Å². The van der Waals surface area contributed by atoms with E-state index in [0.29, 0.717) is 5.56 Å². The monoisotopic (exact) mass is 360 g/mol. The second kappa shape index (κ2) is 5.05. The van der Waals surface area contributed by atoms with Gasteiger partial charge in [0.2, 0.25) is 5.91 Å². The van der Waals surface area contributed by atoms with Crippen LogP contribution in [0.5, 0.6) is 0 Å². The Morgan fingerprint density at radius 1 is 1.41 bits per heavy atom. The Labute approximate surface area is 115 Å². The molecule has 2 rings (SSSR count). The molecule has 1 aliphatic rings. The van der Waals surface area contributed by atoms with Crippen molar-refractivity contribution in [1.29, 1.82) is 0 Å². The number of rotatable bonds is 2. The molecular weight excluding hydrogens is 352 g/mol. The van der Waals surface area contributed by atoms with Crippen LogP contribution in [0.1, 0.15) is 10.4 Å². The van der Waals surface area contributed by atoms with Crippen LogP contribution in [0.15, 0.2) is 26.1 Å². The third-order valence-electron chi connectivity index (χ3n) is 2.24. The van der Waals surface area contributed by atoms with Gasteiger partial charge in [0.25, 0.3) is 0 Å². The van der Waals surface area contributed by atoms with E-state index in [1.807, 2.05) is 0 Å². The molecule has 1 aromatic rings. The molecule has 1 heterocycles. The van der Waals surface area contributed by atoms with Crippen LogP contribution in [0.25, 0.3) is 0 Å². The van der Waals surface area contributed by atoms with Gasteiger partial charge in [-0.2, -0.15) is 0 Å². The highest BCUT2D eigenvalue weighted by molar-refractivity contribution is 9.11. The Balaban J connectivity index is 2.31. The van der Waals surface area contributed by atoms with Gasteiger partial charge in [0.1, 0.15) is 0 Å². The molecule has 0 atom stereocenters. The topological polar surface area (TPSA) is 79.5 Å². The summed E-state index contributed by atoms with van der Waals surface area (Å²) in [7, 11) is 0. The van der Waals surface area contributed by atoms with E-state index in [-0.39, 0.29) is 0 Å². The molecule has 0 aliphatic carbocycles. The van der Waals surface area contributed by atoms with Crippen LogP contribution in [-0.2, 0) is 0 Å². The summed E-state index contributed by atoms with van der Waals surface area (Å²) in [4.78, 5) is 15.3. The Kier molecular flexibility index (Phi) is 3.68. The normalized spacial score (nSPS) is 14.1. The van der Waals surface area contributed by atoms with E-state index in [1.54, 1.807) is 12.1 Å². The fraction of sp³-hybridized carbons (Fsp3) is 0.200. The van der Waals surface area contributed by atoms with Gasteiger partial charge in [-0.3, -0.25) is 9.79 Å². The molecule has 90 valence electrons. The minimum absolute atomic E-state index is 0.440. The number of primary amides is 1. The smallest absolute Gasteiger partial charge is 0.248 e. The lowest BCUT2D eigenvalue weighted by atomic mass is 10.2. The van der Waals surface area contributed by atoms with Crippen molar-refractivity contribution in [2.75, 3.05) is 18.4 Å². The number of nitrogens with one attached hydrogen (secondary N) is 2. The molecule has 0 unspecified atom stereocenters. The molecule has 7 heteroatoms. The number of aliphatic imine (C=N–C) groups is 1. The van der Waals surface area contributed by atoms with Crippen molar-refractivity contribution in [1.82, 2.24) is 5.32 Å². The van der Waals surface area contributed by atoms with Crippen molar-refractivity contribution in [2.45, 2.75) is 0 Å². The highest BCUT2D eigenvalue weighted by Crippen LogP contribution is 2.32. The number of nitrogens with zero attached hydrogens (tertiary/aromatic N) is 1. The molecule has 4 N–H and O–H groups in total. The first kappa shape index (κ1) is 12.4.